The first-order chi connectivity index (χ1) is 4.72. The summed E-state index contributed by atoms with van der Waals surface area (Å²) in [5, 5.41) is 0. The number of hydrogen-bond acceptors (Lipinski definition) is 5. The Hall–Kier alpha value is -1.36. The van der Waals surface area contributed by atoms with Gasteiger partial charge >= 0.3 is 0 Å². The number of nitrogens with zero attached hydrogens (tertiary/aromatic N) is 2. The van der Waals surface area contributed by atoms with Crippen LogP contribution in [-0.2, 0) is 0 Å². The molecule has 5 heteroatoms. The lowest BCUT2D eigenvalue weighted by atomic mass is 10.4. The molecule has 1 aromatic heterocycles. The number of aromatic nitrogens is 2. The van der Waals surface area contributed by atoms with E-state index in [1.807, 2.05) is 6.92 Å². The van der Waals surface area contributed by atoms with Crippen LogP contribution in [0.1, 0.15) is 5.69 Å². The maximum Gasteiger partial charge on any atom is 0.222 e. The molecule has 0 aromatic carbocycles. The van der Waals surface area contributed by atoms with Gasteiger partial charge in [-0.1, -0.05) is 0 Å². The zero-order valence-corrected chi connectivity index (χ0v) is 5.63. The van der Waals surface area contributed by atoms with E-state index >= 15 is 0 Å². The standard InChI is InChI=1S/C5H9N5/c1-3-2-4(10-7)9-5(6)8-3/h2H,7H2,1H3,(H3,6,8,9,10). The third kappa shape index (κ3) is 1.32. The largest absolute Gasteiger partial charge is 0.368 e. The summed E-state index contributed by atoms with van der Waals surface area (Å²) in [6.45, 7) is 1.82. The molecule has 1 heterocycles. The summed E-state index contributed by atoms with van der Waals surface area (Å²) in [4.78, 5) is 7.64. The summed E-state index contributed by atoms with van der Waals surface area (Å²) in [5.41, 5.74) is 8.49. The van der Waals surface area contributed by atoms with Crippen LogP contribution in [0.4, 0.5) is 11.8 Å². The molecule has 10 heavy (non-hydrogen) atoms. The van der Waals surface area contributed by atoms with Crippen molar-refractivity contribution < 1.29 is 0 Å². The fourth-order valence-corrected chi connectivity index (χ4v) is 0.665. The van der Waals surface area contributed by atoms with Gasteiger partial charge < -0.3 is 11.2 Å². The van der Waals surface area contributed by atoms with Crippen molar-refractivity contribution in [2.45, 2.75) is 6.92 Å². The SMILES string of the molecule is Cc1cc(NN)nc(N)n1. The van der Waals surface area contributed by atoms with Gasteiger partial charge in [-0.25, -0.2) is 10.8 Å². The Labute approximate surface area is 58.4 Å². The van der Waals surface area contributed by atoms with Gasteiger partial charge in [0.05, 0.1) is 0 Å². The van der Waals surface area contributed by atoms with Gasteiger partial charge in [-0.3, -0.25) is 0 Å². The van der Waals surface area contributed by atoms with Crippen molar-refractivity contribution in [2.24, 2.45) is 5.84 Å². The highest BCUT2D eigenvalue weighted by atomic mass is 15.3. The second-order valence-corrected chi connectivity index (χ2v) is 1.90. The quantitative estimate of drug-likeness (QED) is 0.365. The highest BCUT2D eigenvalue weighted by molar-refractivity contribution is 5.38. The van der Waals surface area contributed by atoms with Crippen LogP contribution in [-0.4, -0.2) is 9.97 Å². The Morgan fingerprint density at radius 2 is 2.20 bits per heavy atom. The first-order valence-corrected chi connectivity index (χ1v) is 2.80. The van der Waals surface area contributed by atoms with Crippen molar-refractivity contribution in [1.82, 2.24) is 9.97 Å². The van der Waals surface area contributed by atoms with Crippen LogP contribution in [0.5, 0.6) is 0 Å². The van der Waals surface area contributed by atoms with E-state index in [1.165, 1.54) is 0 Å². The van der Waals surface area contributed by atoms with Gasteiger partial charge in [-0.15, -0.1) is 0 Å². The molecule has 0 bridgehead atoms. The molecule has 0 aliphatic heterocycles. The van der Waals surface area contributed by atoms with Crippen molar-refractivity contribution in [3.63, 3.8) is 0 Å². The summed E-state index contributed by atoms with van der Waals surface area (Å²) >= 11 is 0. The third-order valence-electron chi connectivity index (χ3n) is 1.02. The minimum atomic E-state index is 0.230. The van der Waals surface area contributed by atoms with Crippen LogP contribution in [0.3, 0.4) is 0 Å². The normalized spacial score (nSPS) is 9.40. The molecule has 0 aliphatic carbocycles. The number of hydrogen-bond donors (Lipinski definition) is 3. The number of hydrazine groups is 1. The van der Waals surface area contributed by atoms with E-state index in [9.17, 15) is 0 Å². The van der Waals surface area contributed by atoms with Crippen LogP contribution in [0.2, 0.25) is 0 Å². The molecule has 0 radical (unpaired) electrons. The summed E-state index contributed by atoms with van der Waals surface area (Å²) in [7, 11) is 0. The van der Waals surface area contributed by atoms with E-state index in [-0.39, 0.29) is 5.95 Å². The van der Waals surface area contributed by atoms with Gasteiger partial charge in [0.25, 0.3) is 0 Å². The Bertz CT molecular complexity index is 213. The number of rotatable bonds is 1. The topological polar surface area (TPSA) is 89.8 Å². The van der Waals surface area contributed by atoms with Crippen molar-refractivity contribution in [3.05, 3.63) is 11.8 Å². The van der Waals surface area contributed by atoms with E-state index in [0.29, 0.717) is 5.82 Å². The van der Waals surface area contributed by atoms with Gasteiger partial charge in [0.15, 0.2) is 0 Å². The van der Waals surface area contributed by atoms with Crippen LogP contribution in [0, 0.1) is 6.92 Å². The minimum Gasteiger partial charge on any atom is -0.368 e. The first kappa shape index (κ1) is 6.76. The first-order valence-electron chi connectivity index (χ1n) is 2.80. The van der Waals surface area contributed by atoms with Crippen LogP contribution in [0.25, 0.3) is 0 Å². The number of anilines is 2. The lowest BCUT2D eigenvalue weighted by Crippen LogP contribution is -2.10. The van der Waals surface area contributed by atoms with Crippen molar-refractivity contribution in [2.75, 3.05) is 11.2 Å². The second kappa shape index (κ2) is 2.49. The van der Waals surface area contributed by atoms with E-state index in [0.717, 1.165) is 5.69 Å². The minimum absolute atomic E-state index is 0.230. The second-order valence-electron chi connectivity index (χ2n) is 1.90. The van der Waals surface area contributed by atoms with Gasteiger partial charge in [-0.2, -0.15) is 4.98 Å². The van der Waals surface area contributed by atoms with Crippen LogP contribution < -0.4 is 17.0 Å². The molecule has 5 N–H and O–H groups in total. The number of nitrogens with two attached hydrogens (primary N) is 2. The van der Waals surface area contributed by atoms with Crippen molar-refractivity contribution in [3.8, 4) is 0 Å². The van der Waals surface area contributed by atoms with Crippen molar-refractivity contribution in [1.29, 1.82) is 0 Å². The Morgan fingerprint density at radius 1 is 1.50 bits per heavy atom. The molecule has 0 unspecified atom stereocenters. The lowest BCUT2D eigenvalue weighted by molar-refractivity contribution is 1.10. The molecule has 0 aliphatic rings. The van der Waals surface area contributed by atoms with E-state index in [4.69, 9.17) is 11.6 Å². The lowest BCUT2D eigenvalue weighted by Gasteiger charge is -1.99. The number of aryl methyl sites for hydroxylation is 1. The summed E-state index contributed by atoms with van der Waals surface area (Å²) in [6, 6.07) is 1.70. The maximum absolute atomic E-state index is 5.32. The number of nitrogens with one attached hydrogen (secondary N) is 1. The third-order valence-corrected chi connectivity index (χ3v) is 1.02. The highest BCUT2D eigenvalue weighted by Crippen LogP contribution is 2.04. The van der Waals surface area contributed by atoms with Gasteiger partial charge in [-0.05, 0) is 6.92 Å². The predicted octanol–water partition coefficient (Wildman–Crippen LogP) is -0.347. The molecule has 0 fully saturated rings. The zero-order valence-electron chi connectivity index (χ0n) is 5.63. The Balaban J connectivity index is 3.06. The average molecular weight is 139 g/mol. The maximum atomic E-state index is 5.32. The fraction of sp³-hybridized carbons (Fsp3) is 0.200. The molecule has 0 saturated carbocycles. The Morgan fingerprint density at radius 3 is 2.70 bits per heavy atom. The van der Waals surface area contributed by atoms with E-state index in [1.54, 1.807) is 6.07 Å². The van der Waals surface area contributed by atoms with Crippen LogP contribution >= 0.6 is 0 Å². The molecule has 0 atom stereocenters. The molecule has 0 spiro atoms. The fourth-order valence-electron chi connectivity index (χ4n) is 0.665. The van der Waals surface area contributed by atoms with Crippen LogP contribution in [0.15, 0.2) is 6.07 Å². The average Bonchev–Trinajstić information content (AvgIpc) is 1.85. The van der Waals surface area contributed by atoms with Gasteiger partial charge in [0.1, 0.15) is 5.82 Å². The monoisotopic (exact) mass is 139 g/mol. The van der Waals surface area contributed by atoms with E-state index < -0.39 is 0 Å². The predicted molar refractivity (Wildman–Crippen MR) is 39.0 cm³/mol. The van der Waals surface area contributed by atoms with Gasteiger partial charge in [0.2, 0.25) is 5.95 Å². The van der Waals surface area contributed by atoms with Crippen molar-refractivity contribution >= 4 is 11.8 Å². The molecule has 0 amide bonds. The molecular weight excluding hydrogens is 130 g/mol. The Kier molecular flexibility index (Phi) is 1.68. The smallest absolute Gasteiger partial charge is 0.222 e. The summed E-state index contributed by atoms with van der Waals surface area (Å²) in [5.74, 6) is 5.85. The van der Waals surface area contributed by atoms with E-state index in [2.05, 4.69) is 15.4 Å². The van der Waals surface area contributed by atoms with Gasteiger partial charge in [0, 0.05) is 11.8 Å². The zero-order chi connectivity index (χ0) is 7.56. The molecule has 54 valence electrons. The molecular formula is C5H9N5. The summed E-state index contributed by atoms with van der Waals surface area (Å²) in [6.07, 6.45) is 0. The molecule has 1 aromatic rings. The number of nitrogen functional groups attached to an aromatic ring is 2. The summed E-state index contributed by atoms with van der Waals surface area (Å²) < 4.78 is 0. The molecule has 0 saturated heterocycles. The highest BCUT2D eigenvalue weighted by Gasteiger charge is 1.94. The molecule has 1 rings (SSSR count). The molecule has 5 nitrogen and oxygen atoms in total.